The lowest BCUT2D eigenvalue weighted by Gasteiger charge is -2.17. The zero-order valence-electron chi connectivity index (χ0n) is 13.0. The molecule has 2 aromatic rings. The molecule has 6 nitrogen and oxygen atoms in total. The number of pyridine rings is 1. The summed E-state index contributed by atoms with van der Waals surface area (Å²) in [7, 11) is 3.67. The summed E-state index contributed by atoms with van der Waals surface area (Å²) in [5.41, 5.74) is 0.835. The van der Waals surface area contributed by atoms with Gasteiger partial charge in [0.25, 0.3) is 5.89 Å². The Kier molecular flexibility index (Phi) is 5.27. The van der Waals surface area contributed by atoms with E-state index in [9.17, 15) is 0 Å². The van der Waals surface area contributed by atoms with Gasteiger partial charge in [-0.25, -0.2) is 4.98 Å². The third-order valence-corrected chi connectivity index (χ3v) is 3.08. The van der Waals surface area contributed by atoms with Crippen LogP contribution in [0.4, 0.5) is 5.82 Å². The first-order valence-electron chi connectivity index (χ1n) is 7.09. The molecule has 0 aliphatic carbocycles. The number of rotatable bonds is 7. The molecule has 2 heterocycles. The number of nitrogens with zero attached hydrogens (tertiary/aromatic N) is 4. The lowest BCUT2D eigenvalue weighted by Crippen LogP contribution is -2.22. The third-order valence-electron chi connectivity index (χ3n) is 3.08. The van der Waals surface area contributed by atoms with Gasteiger partial charge in [-0.3, -0.25) is 0 Å². The van der Waals surface area contributed by atoms with Crippen LogP contribution in [0.15, 0.2) is 22.9 Å². The largest absolute Gasteiger partial charge is 0.383 e. The fourth-order valence-corrected chi connectivity index (χ4v) is 1.90. The highest BCUT2D eigenvalue weighted by Gasteiger charge is 2.11. The molecule has 0 spiro atoms. The standard InChI is InChI=1S/C15H22N4O2/c1-11(2)9-13-17-15(21-18-13)12-5-6-14(16-10-12)19(3)7-8-20-4/h5-6,10-11H,7-9H2,1-4H3. The molecule has 0 radical (unpaired) electrons. The quantitative estimate of drug-likeness (QED) is 0.780. The first-order valence-corrected chi connectivity index (χ1v) is 7.09. The van der Waals surface area contributed by atoms with Crippen molar-refractivity contribution in [3.8, 4) is 11.5 Å². The van der Waals surface area contributed by atoms with Crippen molar-refractivity contribution in [2.24, 2.45) is 5.92 Å². The predicted molar refractivity (Wildman–Crippen MR) is 81.2 cm³/mol. The zero-order chi connectivity index (χ0) is 15.2. The average molecular weight is 290 g/mol. The van der Waals surface area contributed by atoms with Gasteiger partial charge in [0.15, 0.2) is 5.82 Å². The van der Waals surface area contributed by atoms with Gasteiger partial charge in [0.05, 0.1) is 12.2 Å². The normalized spacial score (nSPS) is 11.1. The molecule has 0 bridgehead atoms. The van der Waals surface area contributed by atoms with E-state index in [1.807, 2.05) is 24.1 Å². The zero-order valence-corrected chi connectivity index (χ0v) is 13.0. The Morgan fingerprint density at radius 1 is 1.33 bits per heavy atom. The summed E-state index contributed by atoms with van der Waals surface area (Å²) < 4.78 is 10.3. The summed E-state index contributed by atoms with van der Waals surface area (Å²) in [5, 5.41) is 3.99. The second-order valence-corrected chi connectivity index (χ2v) is 5.43. The van der Waals surface area contributed by atoms with Crippen LogP contribution in [0.1, 0.15) is 19.7 Å². The van der Waals surface area contributed by atoms with Crippen LogP contribution < -0.4 is 4.90 Å². The molecule has 0 atom stereocenters. The SMILES string of the molecule is COCCN(C)c1ccc(-c2nc(CC(C)C)no2)cn1. The van der Waals surface area contributed by atoms with Crippen molar-refractivity contribution in [3.05, 3.63) is 24.2 Å². The van der Waals surface area contributed by atoms with E-state index in [0.717, 1.165) is 30.2 Å². The van der Waals surface area contributed by atoms with Gasteiger partial charge < -0.3 is 14.2 Å². The number of hydrogen-bond donors (Lipinski definition) is 0. The van der Waals surface area contributed by atoms with Crippen molar-refractivity contribution in [3.63, 3.8) is 0 Å². The number of likely N-dealkylation sites (N-methyl/N-ethyl adjacent to an activating group) is 1. The maximum Gasteiger partial charge on any atom is 0.259 e. The van der Waals surface area contributed by atoms with Gasteiger partial charge in [0.1, 0.15) is 5.82 Å². The minimum Gasteiger partial charge on any atom is -0.383 e. The van der Waals surface area contributed by atoms with Gasteiger partial charge in [-0.2, -0.15) is 4.98 Å². The Morgan fingerprint density at radius 2 is 2.14 bits per heavy atom. The van der Waals surface area contributed by atoms with Crippen LogP contribution in [0.2, 0.25) is 0 Å². The summed E-state index contributed by atoms with van der Waals surface area (Å²) in [6.07, 6.45) is 2.57. The van der Waals surface area contributed by atoms with Crippen LogP contribution in [0.5, 0.6) is 0 Å². The molecule has 0 fully saturated rings. The Morgan fingerprint density at radius 3 is 2.76 bits per heavy atom. The summed E-state index contributed by atoms with van der Waals surface area (Å²) in [6.45, 7) is 5.72. The topological polar surface area (TPSA) is 64.3 Å². The molecule has 114 valence electrons. The molecule has 0 aliphatic rings. The Bertz CT molecular complexity index is 551. The number of methoxy groups -OCH3 is 1. The van der Waals surface area contributed by atoms with E-state index in [1.54, 1.807) is 13.3 Å². The highest BCUT2D eigenvalue weighted by Crippen LogP contribution is 2.19. The molecule has 0 N–H and O–H groups in total. The Labute approximate surface area is 125 Å². The van der Waals surface area contributed by atoms with E-state index < -0.39 is 0 Å². The average Bonchev–Trinajstić information content (AvgIpc) is 2.92. The number of aromatic nitrogens is 3. The van der Waals surface area contributed by atoms with Crippen LogP contribution >= 0.6 is 0 Å². The van der Waals surface area contributed by atoms with Crippen molar-refractivity contribution >= 4 is 5.82 Å². The van der Waals surface area contributed by atoms with Crippen LogP contribution in [-0.4, -0.2) is 42.4 Å². The molecule has 6 heteroatoms. The lowest BCUT2D eigenvalue weighted by molar-refractivity contribution is 0.206. The molecular formula is C15H22N4O2. The van der Waals surface area contributed by atoms with Crippen molar-refractivity contribution in [1.82, 2.24) is 15.1 Å². The molecule has 0 aromatic carbocycles. The van der Waals surface area contributed by atoms with Crippen molar-refractivity contribution in [2.75, 3.05) is 32.2 Å². The first kappa shape index (κ1) is 15.4. The van der Waals surface area contributed by atoms with E-state index in [-0.39, 0.29) is 0 Å². The third kappa shape index (κ3) is 4.26. The molecular weight excluding hydrogens is 268 g/mol. The smallest absolute Gasteiger partial charge is 0.259 e. The Hall–Kier alpha value is -1.95. The van der Waals surface area contributed by atoms with Crippen molar-refractivity contribution in [1.29, 1.82) is 0 Å². The molecule has 21 heavy (non-hydrogen) atoms. The number of ether oxygens (including phenoxy) is 1. The molecule has 2 aromatic heterocycles. The second kappa shape index (κ2) is 7.17. The lowest BCUT2D eigenvalue weighted by atomic mass is 10.1. The second-order valence-electron chi connectivity index (χ2n) is 5.43. The Balaban J connectivity index is 2.06. The highest BCUT2D eigenvalue weighted by atomic mass is 16.5. The van der Waals surface area contributed by atoms with Gasteiger partial charge in [-0.05, 0) is 18.1 Å². The minimum atomic E-state index is 0.505. The van der Waals surface area contributed by atoms with Crippen LogP contribution in [0.25, 0.3) is 11.5 Å². The molecule has 0 aliphatic heterocycles. The monoisotopic (exact) mass is 290 g/mol. The van der Waals surface area contributed by atoms with Crippen LogP contribution in [0.3, 0.4) is 0 Å². The maximum atomic E-state index is 5.28. The highest BCUT2D eigenvalue weighted by molar-refractivity contribution is 5.54. The van der Waals surface area contributed by atoms with Gasteiger partial charge in [-0.1, -0.05) is 19.0 Å². The van der Waals surface area contributed by atoms with Gasteiger partial charge in [-0.15, -0.1) is 0 Å². The summed E-state index contributed by atoms with van der Waals surface area (Å²) in [5.74, 6) is 2.65. The fraction of sp³-hybridized carbons (Fsp3) is 0.533. The number of hydrogen-bond acceptors (Lipinski definition) is 6. The van der Waals surface area contributed by atoms with Crippen molar-refractivity contribution < 1.29 is 9.26 Å². The van der Waals surface area contributed by atoms with E-state index in [4.69, 9.17) is 9.26 Å². The fourth-order valence-electron chi connectivity index (χ4n) is 1.90. The maximum absolute atomic E-state index is 5.28. The predicted octanol–water partition coefficient (Wildman–Crippen LogP) is 2.41. The van der Waals surface area contributed by atoms with Crippen molar-refractivity contribution in [2.45, 2.75) is 20.3 Å². The van der Waals surface area contributed by atoms with Crippen LogP contribution in [-0.2, 0) is 11.2 Å². The summed E-state index contributed by atoms with van der Waals surface area (Å²) in [6, 6.07) is 3.88. The molecule has 0 unspecified atom stereocenters. The molecule has 2 rings (SSSR count). The van der Waals surface area contributed by atoms with Gasteiger partial charge >= 0.3 is 0 Å². The molecule has 0 amide bonds. The van der Waals surface area contributed by atoms with Gasteiger partial charge in [0.2, 0.25) is 0 Å². The summed E-state index contributed by atoms with van der Waals surface area (Å²) in [4.78, 5) is 10.8. The van der Waals surface area contributed by atoms with E-state index in [2.05, 4.69) is 29.0 Å². The van der Waals surface area contributed by atoms with E-state index >= 15 is 0 Å². The summed E-state index contributed by atoms with van der Waals surface area (Å²) >= 11 is 0. The first-order chi connectivity index (χ1) is 10.1. The molecule has 0 saturated carbocycles. The number of anilines is 1. The van der Waals surface area contributed by atoms with Gasteiger partial charge in [0, 0.05) is 33.3 Å². The molecule has 0 saturated heterocycles. The van der Waals surface area contributed by atoms with E-state index in [1.165, 1.54) is 0 Å². The van der Waals surface area contributed by atoms with Crippen LogP contribution in [0, 0.1) is 5.92 Å². The minimum absolute atomic E-state index is 0.505. The van der Waals surface area contributed by atoms with E-state index in [0.29, 0.717) is 18.4 Å².